The van der Waals surface area contributed by atoms with Gasteiger partial charge in [-0.1, -0.05) is 279 Å². The quantitative estimate of drug-likeness (QED) is 0.144. The predicted octanol–water partition coefficient (Wildman–Crippen LogP) is 26.5. The topological polar surface area (TPSA) is 61.4 Å². The van der Waals surface area contributed by atoms with Gasteiger partial charge in [0.2, 0.25) is 11.9 Å². The highest BCUT2D eigenvalue weighted by Gasteiger charge is 2.26. The molecule has 0 aliphatic heterocycles. The molecule has 6 aromatic heterocycles. The summed E-state index contributed by atoms with van der Waals surface area (Å²) in [6.07, 6.45) is 0. The third kappa shape index (κ3) is 9.19. The number of nitrogens with zero attached hydrogens (tertiary/aromatic N) is 6. The van der Waals surface area contributed by atoms with E-state index in [-0.39, 0.29) is 0 Å². The SMILES string of the molecule is c1ccc(-c2ccc(-c3nc(-n4c5ccc6ccccc6c5c5c6ccccc6ccc54)nc4c3sc3ccc(-c5cccc(-c6cccc(-c7ccc(-c8nc(-n9c%10ccc%11ccccc%11c%10c%10c%11ccccc%11ccc%109)nc9sc%10ccc(-c%11ccccc%11)cc%10c89)cc7)c6)c5)cc34)cc2)cc1. The van der Waals surface area contributed by atoms with E-state index < -0.39 is 0 Å². The van der Waals surface area contributed by atoms with Crippen molar-refractivity contribution in [2.45, 2.75) is 0 Å². The first-order chi connectivity index (χ1) is 51.5. The van der Waals surface area contributed by atoms with Crippen molar-refractivity contribution >= 4 is 150 Å². The highest BCUT2D eigenvalue weighted by atomic mass is 32.1. The molecule has 0 amide bonds. The number of hydrogen-bond donors (Lipinski definition) is 0. The summed E-state index contributed by atoms with van der Waals surface area (Å²) in [5.41, 5.74) is 20.5. The van der Waals surface area contributed by atoms with Gasteiger partial charge in [-0.25, -0.2) is 19.9 Å². The maximum atomic E-state index is 5.75. The molecule has 0 saturated heterocycles. The van der Waals surface area contributed by atoms with Gasteiger partial charge >= 0.3 is 0 Å². The summed E-state index contributed by atoms with van der Waals surface area (Å²) < 4.78 is 7.98. The molecule has 0 spiro atoms. The molecule has 0 atom stereocenters. The minimum atomic E-state index is 0.638. The van der Waals surface area contributed by atoms with E-state index in [0.29, 0.717) is 11.9 Å². The molecule has 0 fully saturated rings. The average molecular weight is 1360 g/mol. The fourth-order valence-corrected chi connectivity index (χ4v) is 18.6. The minimum absolute atomic E-state index is 0.638. The normalized spacial score (nSPS) is 12.0. The molecule has 482 valence electrons. The number of fused-ring (bicyclic) bond motifs is 20. The number of thiophene rings is 2. The maximum absolute atomic E-state index is 5.75. The van der Waals surface area contributed by atoms with Crippen LogP contribution < -0.4 is 0 Å². The lowest BCUT2D eigenvalue weighted by atomic mass is 9.95. The van der Waals surface area contributed by atoms with Crippen LogP contribution in [0, 0.1) is 0 Å². The van der Waals surface area contributed by atoms with Crippen LogP contribution in [-0.4, -0.2) is 29.1 Å². The summed E-state index contributed by atoms with van der Waals surface area (Å²) in [5.74, 6) is 1.28. The van der Waals surface area contributed by atoms with Gasteiger partial charge in [0.25, 0.3) is 0 Å². The van der Waals surface area contributed by atoms with Crippen LogP contribution in [0.15, 0.2) is 340 Å². The van der Waals surface area contributed by atoms with Crippen molar-refractivity contribution in [3.8, 4) is 90.0 Å². The summed E-state index contributed by atoms with van der Waals surface area (Å²) in [4.78, 5) is 23.7. The van der Waals surface area contributed by atoms with Crippen LogP contribution in [0.2, 0.25) is 0 Å². The standard InChI is InChI=1S/C96H56N6S2/c1-3-17-57(18-4-1)59-33-39-66(40-34-59)91-93-92(99-95(98-91)101-79-47-41-61-21-7-11-29-73(61)85(79)86-74-30-12-8-22-62(74)42-48-80(86)101)78-56-72(46-52-84(78)103-93)70-28-16-27-69(54-70)68-26-15-25-67(53-68)60-35-37-65(38-36-60)90-89-77-55-71(58-19-5-2-6-20-58)45-51-83(77)104-94(89)100-96(97-90)102-81-49-43-63-23-9-13-31-75(63)87(81)88-76-32-14-10-24-64(76)44-50-82(88)102/h1-56H. The molecular weight excluding hydrogens is 1300 g/mol. The van der Waals surface area contributed by atoms with E-state index in [1.54, 1.807) is 22.7 Å². The third-order valence-corrected chi connectivity index (χ3v) is 23.6. The summed E-state index contributed by atoms with van der Waals surface area (Å²) >= 11 is 3.50. The second-order valence-corrected chi connectivity index (χ2v) is 29.3. The Hall–Kier alpha value is -13.2. The van der Waals surface area contributed by atoms with Gasteiger partial charge in [0, 0.05) is 58.2 Å². The number of rotatable bonds is 9. The highest BCUT2D eigenvalue weighted by molar-refractivity contribution is 7.26. The van der Waals surface area contributed by atoms with Gasteiger partial charge in [0.1, 0.15) is 4.83 Å². The van der Waals surface area contributed by atoms with Crippen molar-refractivity contribution in [2.24, 2.45) is 0 Å². The fraction of sp³-hybridized carbons (Fsp3) is 0. The number of hydrogen-bond acceptors (Lipinski definition) is 6. The molecule has 0 radical (unpaired) electrons. The molecule has 8 heteroatoms. The van der Waals surface area contributed by atoms with Crippen molar-refractivity contribution in [3.63, 3.8) is 0 Å². The highest BCUT2D eigenvalue weighted by Crippen LogP contribution is 2.48. The Bertz CT molecular complexity index is 7150. The Morgan fingerprint density at radius 3 is 1.04 bits per heavy atom. The third-order valence-electron chi connectivity index (χ3n) is 21.4. The molecule has 0 bridgehead atoms. The van der Waals surface area contributed by atoms with Gasteiger partial charge in [-0.2, -0.15) is 0 Å². The van der Waals surface area contributed by atoms with Crippen LogP contribution in [0.3, 0.4) is 0 Å². The van der Waals surface area contributed by atoms with Gasteiger partial charge < -0.3 is 0 Å². The van der Waals surface area contributed by atoms with E-state index in [1.807, 2.05) is 0 Å². The van der Waals surface area contributed by atoms with Gasteiger partial charge in [-0.3, -0.25) is 9.13 Å². The van der Waals surface area contributed by atoms with Crippen molar-refractivity contribution in [1.82, 2.24) is 29.1 Å². The summed E-state index contributed by atoms with van der Waals surface area (Å²) in [7, 11) is 0. The van der Waals surface area contributed by atoms with Crippen LogP contribution in [0.25, 0.3) is 217 Å². The van der Waals surface area contributed by atoms with E-state index in [0.717, 1.165) is 125 Å². The Balaban J connectivity index is 0.657. The summed E-state index contributed by atoms with van der Waals surface area (Å²) in [5, 5.41) is 17.7. The molecule has 0 aliphatic rings. The first-order valence-corrected chi connectivity index (χ1v) is 36.9. The molecule has 0 N–H and O–H groups in total. The van der Waals surface area contributed by atoms with Crippen molar-refractivity contribution in [2.75, 3.05) is 0 Å². The molecule has 16 aromatic carbocycles. The van der Waals surface area contributed by atoms with Gasteiger partial charge in [-0.05, 0) is 159 Å². The lowest BCUT2D eigenvalue weighted by Gasteiger charge is -2.12. The Morgan fingerprint density at radius 2 is 0.548 bits per heavy atom. The van der Waals surface area contributed by atoms with Crippen LogP contribution >= 0.6 is 22.7 Å². The first-order valence-electron chi connectivity index (χ1n) is 35.2. The van der Waals surface area contributed by atoms with E-state index >= 15 is 0 Å². The zero-order chi connectivity index (χ0) is 68.1. The lowest BCUT2D eigenvalue weighted by molar-refractivity contribution is 1.02. The Kier molecular flexibility index (Phi) is 13.0. The van der Waals surface area contributed by atoms with Crippen LogP contribution in [-0.2, 0) is 0 Å². The van der Waals surface area contributed by atoms with Crippen LogP contribution in [0.1, 0.15) is 0 Å². The van der Waals surface area contributed by atoms with E-state index in [2.05, 4.69) is 349 Å². The van der Waals surface area contributed by atoms with Crippen molar-refractivity contribution < 1.29 is 0 Å². The Morgan fingerprint density at radius 1 is 0.212 bits per heavy atom. The molecule has 0 saturated carbocycles. The molecule has 6 heterocycles. The zero-order valence-corrected chi connectivity index (χ0v) is 57.5. The summed E-state index contributed by atoms with van der Waals surface area (Å²) in [6.45, 7) is 0. The van der Waals surface area contributed by atoms with Crippen molar-refractivity contribution in [3.05, 3.63) is 340 Å². The largest absolute Gasteiger partial charge is 0.278 e. The molecule has 0 unspecified atom stereocenters. The van der Waals surface area contributed by atoms with E-state index in [1.165, 1.54) is 80.5 Å². The first kappa shape index (κ1) is 58.5. The average Bonchev–Trinajstić information content (AvgIpc) is 1.56. The smallest absolute Gasteiger partial charge is 0.236 e. The molecule has 104 heavy (non-hydrogen) atoms. The number of aromatic nitrogens is 6. The second-order valence-electron chi connectivity index (χ2n) is 27.2. The van der Waals surface area contributed by atoms with E-state index in [9.17, 15) is 0 Å². The molecular formula is C96H56N6S2. The predicted molar refractivity (Wildman–Crippen MR) is 440 cm³/mol. The van der Waals surface area contributed by atoms with Crippen LogP contribution in [0.5, 0.6) is 0 Å². The minimum Gasteiger partial charge on any atom is -0.278 e. The molecule has 0 aliphatic carbocycles. The summed E-state index contributed by atoms with van der Waals surface area (Å²) in [6, 6.07) is 124. The van der Waals surface area contributed by atoms with Gasteiger partial charge in [-0.15, -0.1) is 22.7 Å². The zero-order valence-electron chi connectivity index (χ0n) is 55.8. The second kappa shape index (κ2) is 23.2. The van der Waals surface area contributed by atoms with Gasteiger partial charge in [0.05, 0.1) is 43.7 Å². The monoisotopic (exact) mass is 1360 g/mol. The lowest BCUT2D eigenvalue weighted by Crippen LogP contribution is -2.02. The van der Waals surface area contributed by atoms with Crippen molar-refractivity contribution in [1.29, 1.82) is 0 Å². The maximum Gasteiger partial charge on any atom is 0.236 e. The van der Waals surface area contributed by atoms with Gasteiger partial charge in [0.15, 0.2) is 0 Å². The fourth-order valence-electron chi connectivity index (χ4n) is 16.4. The molecule has 6 nitrogen and oxygen atoms in total. The number of benzene rings is 16. The Labute approximate surface area is 604 Å². The van der Waals surface area contributed by atoms with E-state index in [4.69, 9.17) is 19.9 Å². The molecule has 22 rings (SSSR count). The molecule has 22 aromatic rings. The van der Waals surface area contributed by atoms with Crippen LogP contribution in [0.4, 0.5) is 0 Å².